The SMILES string of the molecule is CC(C)CN(CC(=O)O)C(=O)C1(C)CCCC1NC(=O)OCC1c2ccccc2-c2ccccc21. The zero-order valence-electron chi connectivity index (χ0n) is 20.6. The molecule has 1 fully saturated rings. The lowest BCUT2D eigenvalue weighted by molar-refractivity contribution is -0.150. The molecular weight excluding hydrogens is 444 g/mol. The van der Waals surface area contributed by atoms with E-state index < -0.39 is 23.5 Å². The molecule has 2 amide bonds. The van der Waals surface area contributed by atoms with Crippen LogP contribution in [0.4, 0.5) is 4.79 Å². The Morgan fingerprint density at radius 1 is 1.09 bits per heavy atom. The van der Waals surface area contributed by atoms with E-state index in [-0.39, 0.29) is 30.9 Å². The number of benzene rings is 2. The fourth-order valence-corrected chi connectivity index (χ4v) is 5.62. The fraction of sp³-hybridized carbons (Fsp3) is 0.464. The molecule has 2 aromatic rings. The van der Waals surface area contributed by atoms with E-state index in [0.717, 1.165) is 28.7 Å². The van der Waals surface area contributed by atoms with Crippen LogP contribution in [0.3, 0.4) is 0 Å². The number of amides is 2. The molecule has 35 heavy (non-hydrogen) atoms. The number of carbonyl (C=O) groups is 3. The minimum Gasteiger partial charge on any atom is -0.480 e. The van der Waals surface area contributed by atoms with Crippen molar-refractivity contribution in [1.29, 1.82) is 0 Å². The van der Waals surface area contributed by atoms with Crippen LogP contribution in [0.25, 0.3) is 11.1 Å². The molecule has 2 aromatic carbocycles. The molecule has 7 heteroatoms. The Balaban J connectivity index is 1.43. The number of carboxylic acids is 1. The number of fused-ring (bicyclic) bond motifs is 3. The minimum atomic E-state index is -1.04. The van der Waals surface area contributed by atoms with E-state index in [1.807, 2.05) is 45.0 Å². The van der Waals surface area contributed by atoms with Gasteiger partial charge in [-0.05, 0) is 47.9 Å². The van der Waals surface area contributed by atoms with Crippen molar-refractivity contribution in [2.45, 2.75) is 52.0 Å². The van der Waals surface area contributed by atoms with Gasteiger partial charge in [0.15, 0.2) is 0 Å². The smallest absolute Gasteiger partial charge is 0.407 e. The van der Waals surface area contributed by atoms with E-state index in [1.165, 1.54) is 4.90 Å². The maximum Gasteiger partial charge on any atom is 0.407 e. The van der Waals surface area contributed by atoms with Gasteiger partial charge in [0.2, 0.25) is 5.91 Å². The molecule has 186 valence electrons. The topological polar surface area (TPSA) is 95.9 Å². The van der Waals surface area contributed by atoms with Gasteiger partial charge in [0.1, 0.15) is 13.2 Å². The summed E-state index contributed by atoms with van der Waals surface area (Å²) in [6, 6.07) is 15.9. The largest absolute Gasteiger partial charge is 0.480 e. The van der Waals surface area contributed by atoms with Crippen LogP contribution in [-0.4, -0.2) is 53.7 Å². The van der Waals surface area contributed by atoms with Crippen molar-refractivity contribution >= 4 is 18.0 Å². The first kappa shape index (κ1) is 24.8. The predicted octanol–water partition coefficient (Wildman–Crippen LogP) is 4.65. The average Bonchev–Trinajstić information content (AvgIpc) is 3.34. The molecule has 2 N–H and O–H groups in total. The molecule has 7 nitrogen and oxygen atoms in total. The van der Waals surface area contributed by atoms with E-state index in [4.69, 9.17) is 4.74 Å². The van der Waals surface area contributed by atoms with Crippen LogP contribution >= 0.6 is 0 Å². The highest BCUT2D eigenvalue weighted by Gasteiger charge is 2.48. The number of hydrogen-bond donors (Lipinski definition) is 2. The van der Waals surface area contributed by atoms with Gasteiger partial charge in [0.05, 0.1) is 5.41 Å². The van der Waals surface area contributed by atoms with E-state index in [9.17, 15) is 19.5 Å². The third kappa shape index (κ3) is 5.04. The molecule has 0 bridgehead atoms. The summed E-state index contributed by atoms with van der Waals surface area (Å²) < 4.78 is 5.70. The van der Waals surface area contributed by atoms with Gasteiger partial charge in [0.25, 0.3) is 0 Å². The minimum absolute atomic E-state index is 0.0400. The molecular formula is C28H34N2O5. The van der Waals surface area contributed by atoms with Crippen LogP contribution in [0, 0.1) is 11.3 Å². The molecule has 1 saturated carbocycles. The lowest BCUT2D eigenvalue weighted by Crippen LogP contribution is -2.54. The summed E-state index contributed by atoms with van der Waals surface area (Å²) in [4.78, 5) is 39.1. The molecule has 0 heterocycles. The second kappa shape index (κ2) is 10.1. The molecule has 0 spiro atoms. The average molecular weight is 479 g/mol. The first-order valence-corrected chi connectivity index (χ1v) is 12.3. The Labute approximate surface area is 206 Å². The Morgan fingerprint density at radius 3 is 2.26 bits per heavy atom. The van der Waals surface area contributed by atoms with E-state index in [2.05, 4.69) is 29.6 Å². The fourth-order valence-electron chi connectivity index (χ4n) is 5.62. The predicted molar refractivity (Wildman–Crippen MR) is 133 cm³/mol. The first-order chi connectivity index (χ1) is 16.7. The van der Waals surface area contributed by atoms with Crippen molar-refractivity contribution < 1.29 is 24.2 Å². The Bertz CT molecular complexity index is 1070. The molecule has 0 aliphatic heterocycles. The van der Waals surface area contributed by atoms with Crippen molar-refractivity contribution in [3.05, 3.63) is 59.7 Å². The normalized spacial score (nSPS) is 20.9. The number of nitrogens with zero attached hydrogens (tertiary/aromatic N) is 1. The quantitative estimate of drug-likeness (QED) is 0.576. The van der Waals surface area contributed by atoms with Gasteiger partial charge in [-0.25, -0.2) is 4.79 Å². The number of rotatable bonds is 8. The summed E-state index contributed by atoms with van der Waals surface area (Å²) in [5.74, 6) is -1.17. The third-order valence-electron chi connectivity index (χ3n) is 7.28. The number of ether oxygens (including phenoxy) is 1. The first-order valence-electron chi connectivity index (χ1n) is 12.3. The summed E-state index contributed by atoms with van der Waals surface area (Å²) in [6.45, 7) is 5.95. The Hall–Kier alpha value is -3.35. The lowest BCUT2D eigenvalue weighted by Gasteiger charge is -2.36. The molecule has 2 aliphatic rings. The Morgan fingerprint density at radius 2 is 1.69 bits per heavy atom. The number of nitrogens with one attached hydrogen (secondary N) is 1. The molecule has 2 unspecified atom stereocenters. The molecule has 2 aliphatic carbocycles. The van der Waals surface area contributed by atoms with Crippen LogP contribution < -0.4 is 5.32 Å². The highest BCUT2D eigenvalue weighted by Crippen LogP contribution is 2.44. The standard InChI is InChI=1S/C28H34N2O5/c1-18(2)15-30(16-25(31)32)26(33)28(3)14-8-13-24(28)29-27(34)35-17-23-21-11-6-4-9-19(21)20-10-5-7-12-22(20)23/h4-7,9-12,18,23-24H,8,13-17H2,1-3H3,(H,29,34)(H,31,32). The monoisotopic (exact) mass is 478 g/mol. The molecule has 0 radical (unpaired) electrons. The highest BCUT2D eigenvalue weighted by molar-refractivity contribution is 5.87. The lowest BCUT2D eigenvalue weighted by atomic mass is 9.82. The summed E-state index contributed by atoms with van der Waals surface area (Å²) in [7, 11) is 0. The van der Waals surface area contributed by atoms with Gasteiger partial charge in [-0.1, -0.05) is 68.8 Å². The van der Waals surface area contributed by atoms with E-state index in [1.54, 1.807) is 0 Å². The van der Waals surface area contributed by atoms with Gasteiger partial charge in [-0.3, -0.25) is 9.59 Å². The van der Waals surface area contributed by atoms with E-state index >= 15 is 0 Å². The van der Waals surface area contributed by atoms with Crippen LogP contribution in [0.1, 0.15) is 57.1 Å². The molecule has 0 aromatic heterocycles. The number of hydrogen-bond acceptors (Lipinski definition) is 4. The number of carboxylic acid groups (broad SMARTS) is 1. The zero-order chi connectivity index (χ0) is 25.2. The summed E-state index contributed by atoms with van der Waals surface area (Å²) in [5.41, 5.74) is 3.74. The van der Waals surface area contributed by atoms with Gasteiger partial charge in [-0.2, -0.15) is 0 Å². The van der Waals surface area contributed by atoms with Crippen molar-refractivity contribution in [2.24, 2.45) is 11.3 Å². The third-order valence-corrected chi connectivity index (χ3v) is 7.28. The van der Waals surface area contributed by atoms with Crippen molar-refractivity contribution in [3.63, 3.8) is 0 Å². The van der Waals surface area contributed by atoms with Crippen LogP contribution in [0.5, 0.6) is 0 Å². The number of carbonyl (C=O) groups excluding carboxylic acids is 2. The summed E-state index contributed by atoms with van der Waals surface area (Å²) >= 11 is 0. The second-order valence-corrected chi connectivity index (χ2v) is 10.3. The Kier molecular flexibility index (Phi) is 7.15. The van der Waals surface area contributed by atoms with Crippen molar-refractivity contribution in [2.75, 3.05) is 19.7 Å². The van der Waals surface area contributed by atoms with Crippen molar-refractivity contribution in [1.82, 2.24) is 10.2 Å². The van der Waals surface area contributed by atoms with E-state index in [0.29, 0.717) is 19.4 Å². The maximum atomic E-state index is 13.4. The number of alkyl carbamates (subject to hydrolysis) is 1. The summed E-state index contributed by atoms with van der Waals surface area (Å²) in [6.07, 6.45) is 1.47. The number of aliphatic carboxylic acids is 1. The molecule has 2 atom stereocenters. The van der Waals surface area contributed by atoms with Gasteiger partial charge in [0, 0.05) is 18.5 Å². The second-order valence-electron chi connectivity index (χ2n) is 10.3. The van der Waals surface area contributed by atoms with Crippen LogP contribution in [0.2, 0.25) is 0 Å². The molecule has 0 saturated heterocycles. The zero-order valence-corrected chi connectivity index (χ0v) is 20.6. The van der Waals surface area contributed by atoms with Crippen LogP contribution in [0.15, 0.2) is 48.5 Å². The van der Waals surface area contributed by atoms with Crippen LogP contribution in [-0.2, 0) is 14.3 Å². The van der Waals surface area contributed by atoms with Crippen molar-refractivity contribution in [3.8, 4) is 11.1 Å². The van der Waals surface area contributed by atoms with Gasteiger partial charge in [-0.15, -0.1) is 0 Å². The maximum absolute atomic E-state index is 13.4. The van der Waals surface area contributed by atoms with Gasteiger partial charge >= 0.3 is 12.1 Å². The highest BCUT2D eigenvalue weighted by atomic mass is 16.5. The van der Waals surface area contributed by atoms with Gasteiger partial charge < -0.3 is 20.1 Å². The molecule has 4 rings (SSSR count). The summed E-state index contributed by atoms with van der Waals surface area (Å²) in [5, 5.41) is 12.2.